The minimum absolute atomic E-state index is 0. The maximum Gasteiger partial charge on any atom is 4.00 e. The second-order valence-electron chi connectivity index (χ2n) is 10.4. The zero-order valence-electron chi connectivity index (χ0n) is 25.3. The molecule has 0 atom stereocenters. The average Bonchev–Trinajstić information content (AvgIpc) is 3.44. The van der Waals surface area contributed by atoms with Crippen molar-refractivity contribution in [3.05, 3.63) is 57.6 Å². The number of hydrogen-bond acceptors (Lipinski definition) is 0. The quantitative estimate of drug-likeness (QED) is 0.207. The number of hydrogen-bond donors (Lipinski definition) is 0. The summed E-state index contributed by atoms with van der Waals surface area (Å²) in [5.74, 6) is 0. The van der Waals surface area contributed by atoms with Crippen molar-refractivity contribution in [1.82, 2.24) is 0 Å². The smallest absolute Gasteiger partial charge is 1.00 e. The molecule has 0 heterocycles. The van der Waals surface area contributed by atoms with E-state index in [-0.39, 0.29) is 51.0 Å². The van der Waals surface area contributed by atoms with E-state index in [1.165, 1.54) is 116 Å². The molecule has 0 amide bonds. The fourth-order valence-electron chi connectivity index (χ4n) is 4.80. The summed E-state index contributed by atoms with van der Waals surface area (Å²) in [7, 11) is 0. The van der Waals surface area contributed by atoms with Crippen LogP contribution in [0, 0.1) is 0 Å². The van der Waals surface area contributed by atoms with E-state index in [9.17, 15) is 0 Å². The summed E-state index contributed by atoms with van der Waals surface area (Å²) in [6, 6.07) is 9.93. The Labute approximate surface area is 264 Å². The van der Waals surface area contributed by atoms with E-state index in [2.05, 4.69) is 65.8 Å². The van der Waals surface area contributed by atoms with Crippen LogP contribution in [0.5, 0.6) is 0 Å². The third-order valence-electron chi connectivity index (χ3n) is 7.10. The van der Waals surface area contributed by atoms with Crippen molar-refractivity contribution in [2.75, 3.05) is 0 Å². The van der Waals surface area contributed by atoms with Crippen LogP contribution in [0.1, 0.15) is 152 Å². The van der Waals surface area contributed by atoms with Crippen molar-refractivity contribution in [1.29, 1.82) is 0 Å². The van der Waals surface area contributed by atoms with Gasteiger partial charge < -0.3 is 24.8 Å². The zero-order chi connectivity index (χ0) is 25.0. The van der Waals surface area contributed by atoms with E-state index in [4.69, 9.17) is 0 Å². The minimum atomic E-state index is 0. The topological polar surface area (TPSA) is 0 Å². The molecule has 0 nitrogen and oxygen atoms in total. The fraction of sp³-hybridized carbons (Fsp3) is 0.706. The molecule has 0 radical (unpaired) electrons. The first-order valence-electron chi connectivity index (χ1n) is 15.2. The first kappa shape index (κ1) is 41.6. The van der Waals surface area contributed by atoms with Gasteiger partial charge in [0.1, 0.15) is 0 Å². The van der Waals surface area contributed by atoms with Gasteiger partial charge in [-0.1, -0.05) is 157 Å². The Morgan fingerprint density at radius 3 is 1.05 bits per heavy atom. The molecule has 0 aliphatic heterocycles. The summed E-state index contributed by atoms with van der Waals surface area (Å²) < 4.78 is 0. The van der Waals surface area contributed by atoms with Crippen molar-refractivity contribution < 1.29 is 51.0 Å². The van der Waals surface area contributed by atoms with Crippen LogP contribution in [0.2, 0.25) is 0 Å². The van der Waals surface area contributed by atoms with Crippen molar-refractivity contribution in [2.45, 2.75) is 157 Å². The molecule has 0 unspecified atom stereocenters. The molecule has 0 spiro atoms. The van der Waals surface area contributed by atoms with Gasteiger partial charge in [-0.25, -0.2) is 12.1 Å². The minimum Gasteiger partial charge on any atom is -1.00 e. The third-order valence-corrected chi connectivity index (χ3v) is 7.10. The van der Waals surface area contributed by atoms with Crippen molar-refractivity contribution in [3.63, 3.8) is 0 Å². The van der Waals surface area contributed by atoms with E-state index >= 15 is 0 Å². The number of aryl methyl sites for hydroxylation is 6. The maximum atomic E-state index is 2.48. The molecule has 0 saturated carbocycles. The summed E-state index contributed by atoms with van der Waals surface area (Å²) in [4.78, 5) is 0. The molecule has 2 aromatic carbocycles. The maximum absolute atomic E-state index is 2.48. The molecule has 0 aliphatic carbocycles. The molecule has 2 rings (SSSR count). The molecule has 0 fully saturated rings. The van der Waals surface area contributed by atoms with Gasteiger partial charge in [0.25, 0.3) is 0 Å². The van der Waals surface area contributed by atoms with Gasteiger partial charge in [0.2, 0.25) is 0 Å². The largest absolute Gasteiger partial charge is 4.00 e. The first-order chi connectivity index (χ1) is 16.6. The van der Waals surface area contributed by atoms with E-state index in [1.807, 2.05) is 0 Å². The van der Waals surface area contributed by atoms with Crippen LogP contribution in [0.25, 0.3) is 0 Å². The number of halogens is 2. The van der Waals surface area contributed by atoms with Crippen LogP contribution in [0.3, 0.4) is 0 Å². The number of rotatable bonds is 18. The van der Waals surface area contributed by atoms with Gasteiger partial charge in [-0.15, -0.1) is 0 Å². The van der Waals surface area contributed by atoms with Crippen LogP contribution in [0.15, 0.2) is 24.3 Å². The molecule has 0 bridgehead atoms. The molecule has 0 aromatic heterocycles. The fourth-order valence-corrected chi connectivity index (χ4v) is 4.80. The molecule has 3 heteroatoms. The zero-order valence-corrected chi connectivity index (χ0v) is 29.3. The Bertz CT molecular complexity index is 615. The van der Waals surface area contributed by atoms with E-state index < -0.39 is 0 Å². The second-order valence-corrected chi connectivity index (χ2v) is 10.4. The number of unbranched alkanes of at least 4 members (excludes halogenated alkanes) is 6. The van der Waals surface area contributed by atoms with Crippen molar-refractivity contribution in [3.8, 4) is 0 Å². The van der Waals surface area contributed by atoms with E-state index in [0.717, 1.165) is 0 Å². The molecule has 0 aliphatic rings. The standard InChI is InChI=1S/2C17H29.2ClH.Zr/c2*1-4-7-10-15-13-16(11-8-5-2)17(14-15)12-9-6-3;;;/h2*13-14H,4-12H2,1-3H3;2*1H;/q2*-1;;;+4/p-2. The SMILES string of the molecule is CCCCc1cc(CCCC)[c-](CCCC)c1.CCCCc1cc(CCCC)[c-](CCCC)c1.[Cl-].[Cl-].[Zr+4]. The Morgan fingerprint density at radius 1 is 0.459 bits per heavy atom. The van der Waals surface area contributed by atoms with Crippen LogP contribution >= 0.6 is 0 Å². The van der Waals surface area contributed by atoms with Gasteiger partial charge in [0.15, 0.2) is 0 Å². The molecule has 0 N–H and O–H groups in total. The average molecular weight is 629 g/mol. The van der Waals surface area contributed by atoms with Crippen molar-refractivity contribution in [2.24, 2.45) is 0 Å². The van der Waals surface area contributed by atoms with Gasteiger partial charge in [0, 0.05) is 0 Å². The predicted octanol–water partition coefficient (Wildman–Crippen LogP) is 4.87. The van der Waals surface area contributed by atoms with Gasteiger partial charge in [0.05, 0.1) is 0 Å². The summed E-state index contributed by atoms with van der Waals surface area (Å²) >= 11 is 0. The third kappa shape index (κ3) is 18.2. The monoisotopic (exact) mass is 626 g/mol. The Morgan fingerprint density at radius 2 is 0.757 bits per heavy atom. The Balaban J connectivity index is -0.000000578. The Hall–Kier alpha value is 0.163. The van der Waals surface area contributed by atoms with Crippen LogP contribution in [-0.4, -0.2) is 0 Å². The van der Waals surface area contributed by atoms with Gasteiger partial charge in [-0.3, -0.25) is 0 Å². The molecule has 0 saturated heterocycles. The second kappa shape index (κ2) is 27.7. The Kier molecular flexibility index (Phi) is 31.2. The van der Waals surface area contributed by atoms with Gasteiger partial charge in [-0.2, -0.15) is 45.5 Å². The van der Waals surface area contributed by atoms with Crippen LogP contribution in [0.4, 0.5) is 0 Å². The molecular formula is C34H58Cl2Zr. The van der Waals surface area contributed by atoms with Crippen molar-refractivity contribution >= 4 is 0 Å². The van der Waals surface area contributed by atoms with E-state index in [0.29, 0.717) is 0 Å². The summed E-state index contributed by atoms with van der Waals surface area (Å²) in [5, 5.41) is 0. The molecular weight excluding hydrogens is 571 g/mol. The van der Waals surface area contributed by atoms with Gasteiger partial charge >= 0.3 is 26.2 Å². The predicted molar refractivity (Wildman–Crippen MR) is 156 cm³/mol. The summed E-state index contributed by atoms with van der Waals surface area (Å²) in [6.07, 6.45) is 23.6. The van der Waals surface area contributed by atoms with Crippen LogP contribution < -0.4 is 24.8 Å². The summed E-state index contributed by atoms with van der Waals surface area (Å²) in [5.41, 5.74) is 9.75. The normalized spacial score (nSPS) is 10.1. The first-order valence-corrected chi connectivity index (χ1v) is 15.2. The van der Waals surface area contributed by atoms with Crippen LogP contribution in [-0.2, 0) is 64.7 Å². The molecule has 2 aromatic rings. The van der Waals surface area contributed by atoms with Gasteiger partial charge in [-0.05, 0) is 0 Å². The molecule has 37 heavy (non-hydrogen) atoms. The van der Waals surface area contributed by atoms with E-state index in [1.54, 1.807) is 33.4 Å². The molecule has 212 valence electrons. The summed E-state index contributed by atoms with van der Waals surface area (Å²) in [6.45, 7) is 13.7.